The van der Waals surface area contributed by atoms with E-state index >= 15 is 0 Å². The van der Waals surface area contributed by atoms with Crippen LogP contribution < -0.4 is 5.32 Å². The maximum Gasteiger partial charge on any atom is 0.244 e. The minimum absolute atomic E-state index is 0.168. The summed E-state index contributed by atoms with van der Waals surface area (Å²) in [5.74, 6) is 1.44. The van der Waals surface area contributed by atoms with Gasteiger partial charge in [-0.25, -0.2) is 9.67 Å². The fourth-order valence-corrected chi connectivity index (χ4v) is 3.38. The van der Waals surface area contributed by atoms with Crippen LogP contribution in [-0.4, -0.2) is 51.2 Å². The number of hydrogen-bond acceptors (Lipinski definition) is 4. The molecule has 6 heteroatoms. The van der Waals surface area contributed by atoms with E-state index in [1.165, 1.54) is 6.33 Å². The van der Waals surface area contributed by atoms with Crippen molar-refractivity contribution in [3.63, 3.8) is 0 Å². The molecule has 2 fully saturated rings. The summed E-state index contributed by atoms with van der Waals surface area (Å²) in [6.07, 6.45) is 4.09. The number of likely N-dealkylation sites (tertiary alicyclic amines) is 1. The van der Waals surface area contributed by atoms with Gasteiger partial charge < -0.3 is 10.2 Å². The van der Waals surface area contributed by atoms with Crippen molar-refractivity contribution >= 4 is 5.91 Å². The van der Waals surface area contributed by atoms with E-state index in [0.29, 0.717) is 24.4 Å². The Morgan fingerprint density at radius 1 is 1.50 bits per heavy atom. The first-order valence-electron chi connectivity index (χ1n) is 6.62. The molecule has 3 atom stereocenters. The minimum atomic E-state index is 0.168. The number of aromatic nitrogens is 3. The molecule has 0 aromatic carbocycles. The largest absolute Gasteiger partial charge is 0.337 e. The minimum Gasteiger partial charge on any atom is -0.337 e. The molecule has 18 heavy (non-hydrogen) atoms. The van der Waals surface area contributed by atoms with Gasteiger partial charge in [-0.3, -0.25) is 4.79 Å². The molecular formula is C12H19N5O. The summed E-state index contributed by atoms with van der Waals surface area (Å²) in [6.45, 7) is 5.47. The second kappa shape index (κ2) is 4.68. The lowest BCUT2D eigenvalue weighted by Crippen LogP contribution is -2.41. The van der Waals surface area contributed by atoms with Crippen molar-refractivity contribution < 1.29 is 4.79 Å². The normalized spacial score (nSPS) is 30.7. The predicted molar refractivity (Wildman–Crippen MR) is 65.7 cm³/mol. The molecule has 2 saturated heterocycles. The molecular weight excluding hydrogens is 230 g/mol. The molecule has 2 aliphatic heterocycles. The second-order valence-electron chi connectivity index (χ2n) is 5.20. The second-order valence-corrected chi connectivity index (χ2v) is 5.20. The maximum atomic E-state index is 12.3. The van der Waals surface area contributed by atoms with Gasteiger partial charge >= 0.3 is 0 Å². The van der Waals surface area contributed by atoms with Gasteiger partial charge in [0.15, 0.2) is 0 Å². The van der Waals surface area contributed by atoms with Crippen LogP contribution in [0.4, 0.5) is 0 Å². The Balaban J connectivity index is 1.70. The Kier molecular flexibility index (Phi) is 3.03. The number of fused-ring (bicyclic) bond motifs is 1. The van der Waals surface area contributed by atoms with E-state index in [4.69, 9.17) is 0 Å². The maximum absolute atomic E-state index is 12.3. The van der Waals surface area contributed by atoms with Gasteiger partial charge in [0.25, 0.3) is 0 Å². The predicted octanol–water partition coefficient (Wildman–Crippen LogP) is -0.265. The zero-order chi connectivity index (χ0) is 12.5. The Labute approximate surface area is 106 Å². The average Bonchev–Trinajstić information content (AvgIpc) is 3.03. The van der Waals surface area contributed by atoms with Gasteiger partial charge in [-0.05, 0) is 18.3 Å². The van der Waals surface area contributed by atoms with E-state index in [1.807, 2.05) is 0 Å². The Morgan fingerprint density at radius 3 is 3.11 bits per heavy atom. The first-order valence-corrected chi connectivity index (χ1v) is 6.62. The third-order valence-corrected chi connectivity index (χ3v) is 4.22. The first-order chi connectivity index (χ1) is 8.79. The molecule has 1 amide bonds. The van der Waals surface area contributed by atoms with Gasteiger partial charge in [0.2, 0.25) is 5.91 Å². The smallest absolute Gasteiger partial charge is 0.244 e. The molecule has 0 radical (unpaired) electrons. The summed E-state index contributed by atoms with van der Waals surface area (Å²) in [5.41, 5.74) is 0. The van der Waals surface area contributed by atoms with Crippen LogP contribution in [-0.2, 0) is 11.3 Å². The Bertz CT molecular complexity index is 418. The van der Waals surface area contributed by atoms with Crippen molar-refractivity contribution in [2.45, 2.75) is 25.9 Å². The van der Waals surface area contributed by atoms with Crippen LogP contribution in [0, 0.1) is 11.8 Å². The Morgan fingerprint density at radius 2 is 2.39 bits per heavy atom. The van der Waals surface area contributed by atoms with Crippen molar-refractivity contribution in [1.29, 1.82) is 0 Å². The number of hydrogen-bond donors (Lipinski definition) is 1. The van der Waals surface area contributed by atoms with Crippen LogP contribution in [0.5, 0.6) is 0 Å². The van der Waals surface area contributed by atoms with E-state index in [-0.39, 0.29) is 5.91 Å². The van der Waals surface area contributed by atoms with E-state index in [0.717, 1.165) is 26.1 Å². The highest BCUT2D eigenvalue weighted by Crippen LogP contribution is 2.34. The fourth-order valence-electron chi connectivity index (χ4n) is 3.38. The number of nitrogens with one attached hydrogen (secondary N) is 1. The van der Waals surface area contributed by atoms with Crippen molar-refractivity contribution in [2.24, 2.45) is 11.8 Å². The zero-order valence-electron chi connectivity index (χ0n) is 10.6. The lowest BCUT2D eigenvalue weighted by molar-refractivity contribution is -0.133. The highest BCUT2D eigenvalue weighted by molar-refractivity contribution is 5.76. The van der Waals surface area contributed by atoms with Crippen LogP contribution in [0.1, 0.15) is 13.3 Å². The average molecular weight is 249 g/mol. The van der Waals surface area contributed by atoms with Crippen LogP contribution in [0.2, 0.25) is 0 Å². The van der Waals surface area contributed by atoms with Crippen molar-refractivity contribution in [2.75, 3.05) is 19.6 Å². The molecule has 2 aliphatic rings. The quantitative estimate of drug-likeness (QED) is 0.801. The SMILES string of the molecule is CCC1C2CNCC2CN1C(=O)Cn1cncn1. The highest BCUT2D eigenvalue weighted by atomic mass is 16.2. The lowest BCUT2D eigenvalue weighted by Gasteiger charge is -2.26. The van der Waals surface area contributed by atoms with Crippen LogP contribution in [0.25, 0.3) is 0 Å². The molecule has 98 valence electrons. The highest BCUT2D eigenvalue weighted by Gasteiger charge is 2.44. The summed E-state index contributed by atoms with van der Waals surface area (Å²) in [6, 6.07) is 0.390. The summed E-state index contributed by atoms with van der Waals surface area (Å²) < 4.78 is 1.60. The third kappa shape index (κ3) is 1.90. The van der Waals surface area contributed by atoms with E-state index in [1.54, 1.807) is 11.0 Å². The topological polar surface area (TPSA) is 63.1 Å². The zero-order valence-corrected chi connectivity index (χ0v) is 10.6. The van der Waals surface area contributed by atoms with E-state index in [9.17, 15) is 4.79 Å². The number of amides is 1. The number of nitrogens with zero attached hydrogens (tertiary/aromatic N) is 4. The third-order valence-electron chi connectivity index (χ3n) is 4.22. The lowest BCUT2D eigenvalue weighted by atomic mass is 9.93. The first kappa shape index (κ1) is 11.6. The summed E-state index contributed by atoms with van der Waals surface area (Å²) in [4.78, 5) is 18.3. The van der Waals surface area contributed by atoms with Crippen molar-refractivity contribution in [3.05, 3.63) is 12.7 Å². The number of carbonyl (C=O) groups is 1. The van der Waals surface area contributed by atoms with Gasteiger partial charge in [-0.2, -0.15) is 5.10 Å². The van der Waals surface area contributed by atoms with Crippen molar-refractivity contribution in [1.82, 2.24) is 25.0 Å². The van der Waals surface area contributed by atoms with Crippen LogP contribution >= 0.6 is 0 Å². The number of carbonyl (C=O) groups excluding carboxylic acids is 1. The number of rotatable bonds is 3. The van der Waals surface area contributed by atoms with Gasteiger partial charge in [-0.15, -0.1) is 0 Å². The van der Waals surface area contributed by atoms with Gasteiger partial charge in [0.1, 0.15) is 19.2 Å². The van der Waals surface area contributed by atoms with E-state index < -0.39 is 0 Å². The molecule has 6 nitrogen and oxygen atoms in total. The molecule has 3 unspecified atom stereocenters. The summed E-state index contributed by atoms with van der Waals surface area (Å²) in [5, 5.41) is 7.42. The monoisotopic (exact) mass is 249 g/mol. The summed E-state index contributed by atoms with van der Waals surface area (Å²) in [7, 11) is 0. The van der Waals surface area contributed by atoms with Gasteiger partial charge in [0.05, 0.1) is 0 Å². The van der Waals surface area contributed by atoms with Crippen LogP contribution in [0.15, 0.2) is 12.7 Å². The van der Waals surface area contributed by atoms with Gasteiger partial charge in [0, 0.05) is 25.7 Å². The van der Waals surface area contributed by atoms with Crippen LogP contribution in [0.3, 0.4) is 0 Å². The molecule has 1 aromatic heterocycles. The summed E-state index contributed by atoms with van der Waals surface area (Å²) >= 11 is 0. The molecule has 3 heterocycles. The molecule has 0 saturated carbocycles. The molecule has 1 aromatic rings. The fraction of sp³-hybridized carbons (Fsp3) is 0.750. The molecule has 0 spiro atoms. The Hall–Kier alpha value is -1.43. The standard InChI is InChI=1S/C12H19N5O/c1-2-11-10-4-13-3-9(10)5-17(11)12(18)6-16-8-14-7-15-16/h7-11,13H,2-6H2,1H3. The molecule has 0 aliphatic carbocycles. The van der Waals surface area contributed by atoms with E-state index in [2.05, 4.69) is 27.2 Å². The van der Waals surface area contributed by atoms with Crippen molar-refractivity contribution in [3.8, 4) is 0 Å². The molecule has 0 bridgehead atoms. The molecule has 1 N–H and O–H groups in total. The molecule has 3 rings (SSSR count). The van der Waals surface area contributed by atoms with Gasteiger partial charge in [-0.1, -0.05) is 6.92 Å².